The number of hydrogen-bond donors (Lipinski definition) is 0. The lowest BCUT2D eigenvalue weighted by Crippen LogP contribution is -2.00. The highest BCUT2D eigenvalue weighted by Gasteiger charge is 2.09. The van der Waals surface area contributed by atoms with Crippen LogP contribution in [0.1, 0.15) is 0 Å². The molecule has 3 rings (SSSR count). The molecular formula is C17H13ClN2O. The molecule has 0 aliphatic carbocycles. The van der Waals surface area contributed by atoms with Crippen molar-refractivity contribution in [1.82, 2.24) is 9.97 Å². The summed E-state index contributed by atoms with van der Waals surface area (Å²) >= 11 is 5.92. The van der Waals surface area contributed by atoms with Crippen molar-refractivity contribution < 1.29 is 4.74 Å². The third-order valence-electron chi connectivity index (χ3n) is 3.01. The van der Waals surface area contributed by atoms with Gasteiger partial charge in [0.15, 0.2) is 5.82 Å². The zero-order valence-corrected chi connectivity index (χ0v) is 12.0. The number of nitrogens with zero attached hydrogens (tertiary/aromatic N) is 2. The van der Waals surface area contributed by atoms with Gasteiger partial charge in [-0.2, -0.15) is 4.98 Å². The largest absolute Gasteiger partial charge is 0.473 e. The third-order valence-corrected chi connectivity index (χ3v) is 3.26. The first-order valence-electron chi connectivity index (χ1n) is 6.54. The van der Waals surface area contributed by atoms with Crippen LogP contribution in [0.25, 0.3) is 22.3 Å². The van der Waals surface area contributed by atoms with E-state index in [1.165, 1.54) is 0 Å². The van der Waals surface area contributed by atoms with Gasteiger partial charge >= 0.3 is 0 Å². The van der Waals surface area contributed by atoms with E-state index >= 15 is 0 Å². The van der Waals surface area contributed by atoms with E-state index in [9.17, 15) is 0 Å². The lowest BCUT2D eigenvalue weighted by molar-refractivity contribution is 0.353. The number of halogens is 1. The van der Waals surface area contributed by atoms with Gasteiger partial charge in [0.1, 0.15) is 6.61 Å². The molecule has 1 aromatic heterocycles. The first-order valence-corrected chi connectivity index (χ1v) is 6.92. The molecule has 2 aromatic carbocycles. The zero-order valence-electron chi connectivity index (χ0n) is 11.3. The fourth-order valence-corrected chi connectivity index (χ4v) is 2.15. The van der Waals surface area contributed by atoms with E-state index in [1.54, 1.807) is 6.08 Å². The van der Waals surface area contributed by atoms with Crippen LogP contribution in [0.2, 0.25) is 5.02 Å². The van der Waals surface area contributed by atoms with Crippen molar-refractivity contribution in [3.05, 3.63) is 66.2 Å². The highest BCUT2D eigenvalue weighted by atomic mass is 35.5. The van der Waals surface area contributed by atoms with Crippen LogP contribution in [0.5, 0.6) is 5.88 Å². The van der Waals surface area contributed by atoms with Gasteiger partial charge in [-0.1, -0.05) is 36.4 Å². The van der Waals surface area contributed by atoms with E-state index in [-0.39, 0.29) is 0 Å². The summed E-state index contributed by atoms with van der Waals surface area (Å²) in [5.41, 5.74) is 1.74. The Bertz CT molecular complexity index is 784. The summed E-state index contributed by atoms with van der Waals surface area (Å²) < 4.78 is 5.66. The van der Waals surface area contributed by atoms with Crippen LogP contribution in [0.4, 0.5) is 0 Å². The fourth-order valence-electron chi connectivity index (χ4n) is 2.02. The Kier molecular flexibility index (Phi) is 3.84. The zero-order chi connectivity index (χ0) is 14.7. The van der Waals surface area contributed by atoms with Gasteiger partial charge in [0, 0.05) is 10.6 Å². The number of hydrogen-bond acceptors (Lipinski definition) is 3. The van der Waals surface area contributed by atoms with Crippen molar-refractivity contribution in [1.29, 1.82) is 0 Å². The lowest BCUT2D eigenvalue weighted by atomic mass is 10.2. The molecule has 0 saturated carbocycles. The molecule has 3 aromatic rings. The maximum absolute atomic E-state index is 5.92. The second-order valence-electron chi connectivity index (χ2n) is 4.48. The number of aromatic nitrogens is 2. The molecule has 0 spiro atoms. The predicted molar refractivity (Wildman–Crippen MR) is 85.7 cm³/mol. The monoisotopic (exact) mass is 296 g/mol. The number of para-hydroxylation sites is 1. The van der Waals surface area contributed by atoms with E-state index < -0.39 is 0 Å². The van der Waals surface area contributed by atoms with Gasteiger partial charge in [-0.25, -0.2) is 4.98 Å². The molecule has 0 bridgehead atoms. The number of rotatable bonds is 4. The normalized spacial score (nSPS) is 10.5. The van der Waals surface area contributed by atoms with Gasteiger partial charge < -0.3 is 4.74 Å². The van der Waals surface area contributed by atoms with Crippen molar-refractivity contribution >= 4 is 22.5 Å². The second kappa shape index (κ2) is 5.94. The minimum absolute atomic E-state index is 0.404. The Balaban J connectivity index is 2.14. The smallest absolute Gasteiger partial charge is 0.225 e. The Labute approximate surface area is 127 Å². The summed E-state index contributed by atoms with van der Waals surface area (Å²) in [6.45, 7) is 4.07. The van der Waals surface area contributed by atoms with Crippen LogP contribution in [-0.4, -0.2) is 16.6 Å². The summed E-state index contributed by atoms with van der Waals surface area (Å²) in [5.74, 6) is 1.18. The van der Waals surface area contributed by atoms with Crippen LogP contribution in [0, 0.1) is 0 Å². The highest BCUT2D eigenvalue weighted by Crippen LogP contribution is 2.27. The van der Waals surface area contributed by atoms with E-state index in [1.807, 2.05) is 48.5 Å². The minimum Gasteiger partial charge on any atom is -0.473 e. The summed E-state index contributed by atoms with van der Waals surface area (Å²) in [6, 6.07) is 15.2. The molecule has 0 N–H and O–H groups in total. The van der Waals surface area contributed by atoms with Crippen LogP contribution in [0.15, 0.2) is 61.2 Å². The molecule has 0 amide bonds. The Morgan fingerprint density at radius 2 is 1.81 bits per heavy atom. The molecule has 3 nitrogen and oxygen atoms in total. The van der Waals surface area contributed by atoms with Crippen molar-refractivity contribution in [2.75, 3.05) is 6.61 Å². The SMILES string of the molecule is C=CCOc1nc(-c2ccc(Cl)cc2)nc2ccccc12. The van der Waals surface area contributed by atoms with Crippen molar-refractivity contribution in [3.8, 4) is 17.3 Å². The fraction of sp³-hybridized carbons (Fsp3) is 0.0588. The van der Waals surface area contributed by atoms with E-state index in [4.69, 9.17) is 16.3 Å². The number of ether oxygens (including phenoxy) is 1. The van der Waals surface area contributed by atoms with Gasteiger partial charge in [0.2, 0.25) is 5.88 Å². The Hall–Kier alpha value is -2.39. The molecular weight excluding hydrogens is 284 g/mol. The van der Waals surface area contributed by atoms with Crippen LogP contribution in [0.3, 0.4) is 0 Å². The van der Waals surface area contributed by atoms with E-state index in [0.717, 1.165) is 16.5 Å². The Morgan fingerprint density at radius 3 is 2.57 bits per heavy atom. The summed E-state index contributed by atoms with van der Waals surface area (Å²) in [4.78, 5) is 9.10. The van der Waals surface area contributed by atoms with E-state index in [0.29, 0.717) is 23.3 Å². The highest BCUT2D eigenvalue weighted by molar-refractivity contribution is 6.30. The average molecular weight is 297 g/mol. The van der Waals surface area contributed by atoms with Crippen LogP contribution < -0.4 is 4.74 Å². The molecule has 0 saturated heterocycles. The first kappa shape index (κ1) is 13.6. The molecule has 21 heavy (non-hydrogen) atoms. The molecule has 0 atom stereocenters. The minimum atomic E-state index is 0.404. The third kappa shape index (κ3) is 2.88. The van der Waals surface area contributed by atoms with Crippen LogP contribution in [-0.2, 0) is 0 Å². The topological polar surface area (TPSA) is 35.0 Å². The maximum Gasteiger partial charge on any atom is 0.225 e. The quantitative estimate of drug-likeness (QED) is 0.664. The van der Waals surface area contributed by atoms with Crippen molar-refractivity contribution in [2.45, 2.75) is 0 Å². The molecule has 0 fully saturated rings. The van der Waals surface area contributed by atoms with E-state index in [2.05, 4.69) is 16.5 Å². The molecule has 0 aliphatic heterocycles. The molecule has 0 radical (unpaired) electrons. The summed E-state index contributed by atoms with van der Waals surface area (Å²) in [7, 11) is 0. The first-order chi connectivity index (χ1) is 10.3. The lowest BCUT2D eigenvalue weighted by Gasteiger charge is -2.09. The maximum atomic E-state index is 5.92. The van der Waals surface area contributed by atoms with Gasteiger partial charge in [0.25, 0.3) is 0 Å². The molecule has 0 aliphatic rings. The van der Waals surface area contributed by atoms with Crippen molar-refractivity contribution in [3.63, 3.8) is 0 Å². The average Bonchev–Trinajstić information content (AvgIpc) is 2.53. The van der Waals surface area contributed by atoms with Gasteiger partial charge in [0.05, 0.1) is 10.9 Å². The van der Waals surface area contributed by atoms with Gasteiger partial charge in [-0.15, -0.1) is 0 Å². The van der Waals surface area contributed by atoms with Crippen molar-refractivity contribution in [2.24, 2.45) is 0 Å². The summed E-state index contributed by atoms with van der Waals surface area (Å²) in [5, 5.41) is 1.57. The summed E-state index contributed by atoms with van der Waals surface area (Å²) in [6.07, 6.45) is 1.69. The molecule has 0 unspecified atom stereocenters. The predicted octanol–water partition coefficient (Wildman–Crippen LogP) is 4.52. The molecule has 1 heterocycles. The Morgan fingerprint density at radius 1 is 1.05 bits per heavy atom. The molecule has 4 heteroatoms. The second-order valence-corrected chi connectivity index (χ2v) is 4.91. The van der Waals surface area contributed by atoms with Gasteiger partial charge in [-0.3, -0.25) is 0 Å². The van der Waals surface area contributed by atoms with Gasteiger partial charge in [-0.05, 0) is 36.4 Å². The van der Waals surface area contributed by atoms with Crippen LogP contribution >= 0.6 is 11.6 Å². The standard InChI is InChI=1S/C17H13ClN2O/c1-2-11-21-17-14-5-3-4-6-15(14)19-16(20-17)12-7-9-13(18)10-8-12/h2-10H,1,11H2. The number of benzene rings is 2. The number of fused-ring (bicyclic) bond motifs is 1. The molecule has 104 valence electrons.